The normalized spacial score (nSPS) is 12.3. The fourth-order valence-electron chi connectivity index (χ4n) is 7.92. The van der Waals surface area contributed by atoms with E-state index in [1.165, 1.54) is 154 Å². The fraction of sp³-hybridized carbons (Fsp3) is 0.730. The summed E-state index contributed by atoms with van der Waals surface area (Å²) in [4.78, 5) is 38.1. The molecule has 69 heavy (non-hydrogen) atoms. The van der Waals surface area contributed by atoms with Gasteiger partial charge in [-0.3, -0.25) is 14.4 Å². The number of carbonyl (C=O) groups excluding carboxylic acids is 3. The van der Waals surface area contributed by atoms with Crippen molar-refractivity contribution in [3.63, 3.8) is 0 Å². The van der Waals surface area contributed by atoms with Crippen molar-refractivity contribution < 1.29 is 28.6 Å². The fourth-order valence-corrected chi connectivity index (χ4v) is 7.92. The van der Waals surface area contributed by atoms with Crippen LogP contribution < -0.4 is 0 Å². The molecule has 396 valence electrons. The van der Waals surface area contributed by atoms with Gasteiger partial charge in [0.2, 0.25) is 0 Å². The predicted molar refractivity (Wildman–Crippen MR) is 297 cm³/mol. The number of carbonyl (C=O) groups is 3. The highest BCUT2D eigenvalue weighted by Crippen LogP contribution is 2.15. The summed E-state index contributed by atoms with van der Waals surface area (Å²) in [5.74, 6) is -0.976. The third-order valence-electron chi connectivity index (χ3n) is 12.3. The van der Waals surface area contributed by atoms with Crippen molar-refractivity contribution in [1.29, 1.82) is 0 Å². The molecule has 0 unspecified atom stereocenters. The van der Waals surface area contributed by atoms with Crippen LogP contribution in [0.3, 0.4) is 0 Å². The molecular formula is C63H108O6. The Morgan fingerprint density at radius 3 is 0.884 bits per heavy atom. The number of ether oxygens (including phenoxy) is 3. The summed E-state index contributed by atoms with van der Waals surface area (Å²) >= 11 is 0. The number of allylic oxidation sites excluding steroid dienone is 14. The minimum atomic E-state index is -0.808. The van der Waals surface area contributed by atoms with E-state index in [0.717, 1.165) is 83.5 Å². The second kappa shape index (κ2) is 57.2. The van der Waals surface area contributed by atoms with Crippen LogP contribution in [0.5, 0.6) is 0 Å². The smallest absolute Gasteiger partial charge is 0.306 e. The number of esters is 3. The highest BCUT2D eigenvalue weighted by atomic mass is 16.6. The third kappa shape index (κ3) is 55.4. The summed E-state index contributed by atoms with van der Waals surface area (Å²) in [6.45, 7) is 6.52. The maximum atomic E-state index is 12.9. The lowest BCUT2D eigenvalue weighted by Crippen LogP contribution is -2.30. The van der Waals surface area contributed by atoms with Crippen molar-refractivity contribution in [2.24, 2.45) is 0 Å². The Balaban J connectivity index is 4.45. The van der Waals surface area contributed by atoms with E-state index in [-0.39, 0.29) is 31.1 Å². The maximum Gasteiger partial charge on any atom is 0.306 e. The molecule has 0 aliphatic heterocycles. The molecule has 6 nitrogen and oxygen atoms in total. The van der Waals surface area contributed by atoms with Gasteiger partial charge in [0.15, 0.2) is 6.10 Å². The average molecular weight is 962 g/mol. The second-order valence-corrected chi connectivity index (χ2v) is 19.2. The summed E-state index contributed by atoms with van der Waals surface area (Å²) in [6, 6.07) is 0. The highest BCUT2D eigenvalue weighted by molar-refractivity contribution is 5.71. The van der Waals surface area contributed by atoms with Gasteiger partial charge < -0.3 is 14.2 Å². The van der Waals surface area contributed by atoms with Gasteiger partial charge in [-0.15, -0.1) is 0 Å². The second-order valence-electron chi connectivity index (χ2n) is 19.2. The van der Waals surface area contributed by atoms with Crippen LogP contribution in [0, 0.1) is 0 Å². The van der Waals surface area contributed by atoms with Gasteiger partial charge in [0, 0.05) is 19.3 Å². The molecule has 0 saturated heterocycles. The van der Waals surface area contributed by atoms with Gasteiger partial charge in [0.1, 0.15) is 13.2 Å². The molecule has 0 atom stereocenters. The molecule has 0 amide bonds. The van der Waals surface area contributed by atoms with Crippen LogP contribution in [-0.4, -0.2) is 37.2 Å². The molecule has 0 aliphatic rings. The summed E-state index contributed by atoms with van der Waals surface area (Å²) in [7, 11) is 0. The lowest BCUT2D eigenvalue weighted by atomic mass is 10.0. The molecule has 0 aliphatic carbocycles. The molecule has 0 N–H and O–H groups in total. The van der Waals surface area contributed by atoms with Gasteiger partial charge >= 0.3 is 17.9 Å². The van der Waals surface area contributed by atoms with Crippen LogP contribution >= 0.6 is 0 Å². The van der Waals surface area contributed by atoms with Crippen LogP contribution in [0.15, 0.2) is 85.1 Å². The van der Waals surface area contributed by atoms with Gasteiger partial charge in [0.05, 0.1) is 0 Å². The number of hydrogen-bond acceptors (Lipinski definition) is 6. The van der Waals surface area contributed by atoms with Gasteiger partial charge in [-0.1, -0.05) is 221 Å². The zero-order valence-electron chi connectivity index (χ0n) is 45.3. The molecular weight excluding hydrogens is 853 g/mol. The summed E-state index contributed by atoms with van der Waals surface area (Å²) in [6.07, 6.45) is 74.4. The van der Waals surface area contributed by atoms with Gasteiger partial charge in [0.25, 0.3) is 0 Å². The first-order valence-electron chi connectivity index (χ1n) is 29.1. The Labute approximate surface area is 426 Å². The van der Waals surface area contributed by atoms with Gasteiger partial charge in [-0.05, 0) is 122 Å². The average Bonchev–Trinajstić information content (AvgIpc) is 3.35. The summed E-state index contributed by atoms with van der Waals surface area (Å²) in [5, 5.41) is 0. The van der Waals surface area contributed by atoms with E-state index < -0.39 is 6.10 Å². The summed E-state index contributed by atoms with van der Waals surface area (Å²) in [5.41, 5.74) is 0. The highest BCUT2D eigenvalue weighted by Gasteiger charge is 2.19. The Morgan fingerprint density at radius 2 is 0.522 bits per heavy atom. The van der Waals surface area contributed by atoms with Crippen LogP contribution in [0.4, 0.5) is 0 Å². The monoisotopic (exact) mass is 961 g/mol. The minimum Gasteiger partial charge on any atom is -0.462 e. The maximum absolute atomic E-state index is 12.9. The Hall–Kier alpha value is -3.41. The van der Waals surface area contributed by atoms with E-state index in [9.17, 15) is 14.4 Å². The zero-order chi connectivity index (χ0) is 50.0. The van der Waals surface area contributed by atoms with E-state index in [1.54, 1.807) is 0 Å². The molecule has 0 saturated carbocycles. The van der Waals surface area contributed by atoms with E-state index in [0.29, 0.717) is 19.3 Å². The third-order valence-corrected chi connectivity index (χ3v) is 12.3. The summed E-state index contributed by atoms with van der Waals surface area (Å²) < 4.78 is 16.8. The molecule has 0 bridgehead atoms. The SMILES string of the molecule is CCCCC/C=C\C/C=C\C/C=C\CCCCC(=O)OCC(COC(=O)CCCC/C=C\C/C=C\C/C=C\CCCCC)OC(=O)CCCCCCCCCCCCC/C=C\CCCCCCCC. The standard InChI is InChI=1S/C63H108O6/c1-4-7-10-13-16-19-22-25-28-29-30-31-32-33-36-39-42-45-48-51-54-57-63(66)69-60(58-67-61(64)55-52-49-46-43-40-37-34-26-23-20-17-14-11-8-5-2)59-68-62(65)56-53-50-47-44-41-38-35-27-24-21-18-15-12-9-6-3/h17-18,20-21,25-28,34-35,40-41,43-44,60H,4-16,19,22-24,29-33,36-39,42,45-59H2,1-3H3/b20-17-,21-18-,28-25-,34-26-,35-27-,43-40-,44-41-. The van der Waals surface area contributed by atoms with Gasteiger partial charge in [-0.25, -0.2) is 0 Å². The van der Waals surface area contributed by atoms with Crippen molar-refractivity contribution in [3.8, 4) is 0 Å². The van der Waals surface area contributed by atoms with Crippen molar-refractivity contribution >= 4 is 17.9 Å². The predicted octanol–water partition coefficient (Wildman–Crippen LogP) is 19.5. The molecule has 0 aromatic rings. The van der Waals surface area contributed by atoms with E-state index in [1.807, 2.05) is 0 Å². The van der Waals surface area contributed by atoms with Gasteiger partial charge in [-0.2, -0.15) is 0 Å². The number of unbranched alkanes of at least 4 members (excludes halogenated alkanes) is 27. The Kier molecular flexibility index (Phi) is 54.3. The first-order chi connectivity index (χ1) is 34.0. The minimum absolute atomic E-state index is 0.108. The molecule has 0 spiro atoms. The first kappa shape index (κ1) is 65.6. The van der Waals surface area contributed by atoms with Crippen LogP contribution in [0.2, 0.25) is 0 Å². The Bertz CT molecular complexity index is 1270. The van der Waals surface area contributed by atoms with Crippen molar-refractivity contribution in [1.82, 2.24) is 0 Å². The van der Waals surface area contributed by atoms with Crippen molar-refractivity contribution in [2.75, 3.05) is 13.2 Å². The lowest BCUT2D eigenvalue weighted by molar-refractivity contribution is -0.167. The first-order valence-corrected chi connectivity index (χ1v) is 29.1. The molecule has 0 aromatic carbocycles. The topological polar surface area (TPSA) is 78.9 Å². The number of rotatable bonds is 52. The molecule has 0 rings (SSSR count). The largest absolute Gasteiger partial charge is 0.462 e. The van der Waals surface area contributed by atoms with Crippen molar-refractivity contribution in [2.45, 2.75) is 284 Å². The molecule has 0 radical (unpaired) electrons. The quantitative estimate of drug-likeness (QED) is 0.0262. The number of hydrogen-bond donors (Lipinski definition) is 0. The molecule has 6 heteroatoms. The Morgan fingerprint density at radius 1 is 0.290 bits per heavy atom. The van der Waals surface area contributed by atoms with Crippen LogP contribution in [-0.2, 0) is 28.6 Å². The van der Waals surface area contributed by atoms with E-state index in [4.69, 9.17) is 14.2 Å². The van der Waals surface area contributed by atoms with E-state index in [2.05, 4.69) is 106 Å². The molecule has 0 fully saturated rings. The molecule has 0 aromatic heterocycles. The van der Waals surface area contributed by atoms with E-state index >= 15 is 0 Å². The van der Waals surface area contributed by atoms with Crippen LogP contribution in [0.1, 0.15) is 278 Å². The van der Waals surface area contributed by atoms with Crippen LogP contribution in [0.25, 0.3) is 0 Å². The zero-order valence-corrected chi connectivity index (χ0v) is 45.3. The lowest BCUT2D eigenvalue weighted by Gasteiger charge is -2.18. The molecule has 0 heterocycles. The van der Waals surface area contributed by atoms with Crippen molar-refractivity contribution in [3.05, 3.63) is 85.1 Å².